The Kier molecular flexibility index (Phi) is 7.29. The number of nitrogens with one attached hydrogen (secondary N) is 1. The van der Waals surface area contributed by atoms with Gasteiger partial charge in [-0.1, -0.05) is 42.5 Å². The quantitative estimate of drug-likeness (QED) is 0.860. The zero-order chi connectivity index (χ0) is 17.2. The maximum absolute atomic E-state index is 12.0. The smallest absolute Gasteiger partial charge is 0.407 e. The van der Waals surface area contributed by atoms with Gasteiger partial charge in [-0.05, 0) is 12.5 Å². The van der Waals surface area contributed by atoms with E-state index >= 15 is 0 Å². The number of alkyl carbamates (subject to hydrolysis) is 1. The van der Waals surface area contributed by atoms with Crippen molar-refractivity contribution >= 4 is 18.1 Å². The van der Waals surface area contributed by atoms with Crippen LogP contribution in [-0.2, 0) is 9.53 Å². The predicted octanol–water partition coefficient (Wildman–Crippen LogP) is 1.59. The number of carbonyl (C=O) groups is 2. The van der Waals surface area contributed by atoms with Crippen molar-refractivity contribution in [1.82, 2.24) is 15.1 Å². The minimum Gasteiger partial charge on any atom is -0.450 e. The van der Waals surface area contributed by atoms with Crippen LogP contribution in [0.3, 0.4) is 0 Å². The van der Waals surface area contributed by atoms with E-state index in [4.69, 9.17) is 4.74 Å². The van der Waals surface area contributed by atoms with E-state index in [-0.39, 0.29) is 12.5 Å². The van der Waals surface area contributed by atoms with Gasteiger partial charge in [0.1, 0.15) is 6.54 Å². The lowest BCUT2D eigenvalue weighted by Crippen LogP contribution is -2.51. The summed E-state index contributed by atoms with van der Waals surface area (Å²) in [7, 11) is 0. The summed E-state index contributed by atoms with van der Waals surface area (Å²) >= 11 is 0. The van der Waals surface area contributed by atoms with Crippen LogP contribution in [0, 0.1) is 0 Å². The first-order valence-electron chi connectivity index (χ1n) is 8.31. The molecule has 1 aromatic carbocycles. The summed E-state index contributed by atoms with van der Waals surface area (Å²) in [6, 6.07) is 10.2. The molecule has 2 rings (SSSR count). The molecular weight excluding hydrogens is 306 g/mol. The molecule has 0 radical (unpaired) electrons. The van der Waals surface area contributed by atoms with Crippen molar-refractivity contribution < 1.29 is 14.3 Å². The van der Waals surface area contributed by atoms with Gasteiger partial charge in [0, 0.05) is 32.7 Å². The highest BCUT2D eigenvalue weighted by atomic mass is 16.5. The van der Waals surface area contributed by atoms with Gasteiger partial charge in [0.2, 0.25) is 5.91 Å². The number of benzene rings is 1. The third-order valence-electron chi connectivity index (χ3n) is 3.86. The van der Waals surface area contributed by atoms with Gasteiger partial charge in [0.25, 0.3) is 0 Å². The molecule has 0 aromatic heterocycles. The molecule has 1 N–H and O–H groups in total. The summed E-state index contributed by atoms with van der Waals surface area (Å²) in [6.07, 6.45) is 3.71. The molecule has 1 fully saturated rings. The van der Waals surface area contributed by atoms with E-state index in [9.17, 15) is 9.59 Å². The molecule has 130 valence electrons. The average Bonchev–Trinajstić information content (AvgIpc) is 2.61. The molecule has 0 saturated carbocycles. The molecule has 6 nitrogen and oxygen atoms in total. The largest absolute Gasteiger partial charge is 0.450 e. The van der Waals surface area contributed by atoms with Crippen LogP contribution in [0.25, 0.3) is 6.08 Å². The van der Waals surface area contributed by atoms with Crippen LogP contribution in [0.5, 0.6) is 0 Å². The van der Waals surface area contributed by atoms with E-state index in [1.54, 1.807) is 11.8 Å². The number of carbonyl (C=O) groups excluding carboxylic acids is 2. The molecule has 1 saturated heterocycles. The van der Waals surface area contributed by atoms with Crippen molar-refractivity contribution in [2.24, 2.45) is 0 Å². The highest BCUT2D eigenvalue weighted by Gasteiger charge is 2.20. The van der Waals surface area contributed by atoms with Gasteiger partial charge in [-0.15, -0.1) is 0 Å². The van der Waals surface area contributed by atoms with Crippen LogP contribution in [0.15, 0.2) is 36.4 Å². The Morgan fingerprint density at radius 2 is 1.88 bits per heavy atom. The fourth-order valence-electron chi connectivity index (χ4n) is 2.52. The Morgan fingerprint density at radius 3 is 2.54 bits per heavy atom. The van der Waals surface area contributed by atoms with Crippen LogP contribution < -0.4 is 5.32 Å². The highest BCUT2D eigenvalue weighted by Crippen LogP contribution is 2.04. The van der Waals surface area contributed by atoms with Crippen molar-refractivity contribution in [2.75, 3.05) is 45.9 Å². The molecule has 1 heterocycles. The number of amides is 2. The normalized spacial score (nSPS) is 15.5. The maximum Gasteiger partial charge on any atom is 0.407 e. The molecule has 0 aliphatic carbocycles. The van der Waals surface area contributed by atoms with Crippen molar-refractivity contribution in [2.45, 2.75) is 6.92 Å². The second-order valence-corrected chi connectivity index (χ2v) is 5.57. The minimum absolute atomic E-state index is 0.00720. The van der Waals surface area contributed by atoms with E-state index in [2.05, 4.69) is 34.5 Å². The molecule has 0 spiro atoms. The summed E-state index contributed by atoms with van der Waals surface area (Å²) in [4.78, 5) is 27.3. The Hall–Kier alpha value is -2.34. The summed E-state index contributed by atoms with van der Waals surface area (Å²) in [5.74, 6) is -0.0671. The van der Waals surface area contributed by atoms with Crippen molar-refractivity contribution in [3.63, 3.8) is 0 Å². The topological polar surface area (TPSA) is 61.9 Å². The highest BCUT2D eigenvalue weighted by molar-refractivity contribution is 5.82. The molecule has 1 aromatic rings. The standard InChI is InChI=1S/C18H25N3O3/c1-2-24-18(23)19-15-17(22)21-13-11-20(12-14-21)10-6-9-16-7-4-3-5-8-16/h3-9H,2,10-15H2,1H3,(H,19,23)/b9-6+. The van der Waals surface area contributed by atoms with Crippen LogP contribution in [0.2, 0.25) is 0 Å². The lowest BCUT2D eigenvalue weighted by molar-refractivity contribution is -0.131. The minimum atomic E-state index is -0.546. The Labute approximate surface area is 143 Å². The fraction of sp³-hybridized carbons (Fsp3) is 0.444. The summed E-state index contributed by atoms with van der Waals surface area (Å²) in [6.45, 7) is 5.94. The average molecular weight is 331 g/mol. The zero-order valence-corrected chi connectivity index (χ0v) is 14.1. The first kappa shape index (κ1) is 18.0. The molecule has 1 aliphatic heterocycles. The third-order valence-corrected chi connectivity index (χ3v) is 3.86. The number of ether oxygens (including phenoxy) is 1. The van der Waals surface area contributed by atoms with E-state index < -0.39 is 6.09 Å². The molecule has 24 heavy (non-hydrogen) atoms. The number of nitrogens with zero attached hydrogens (tertiary/aromatic N) is 2. The number of rotatable bonds is 6. The van der Waals surface area contributed by atoms with Crippen LogP contribution in [-0.4, -0.2) is 67.7 Å². The van der Waals surface area contributed by atoms with Crippen LogP contribution >= 0.6 is 0 Å². The zero-order valence-electron chi connectivity index (χ0n) is 14.1. The summed E-state index contributed by atoms with van der Waals surface area (Å²) in [5.41, 5.74) is 1.19. The van der Waals surface area contributed by atoms with Crippen molar-refractivity contribution in [3.05, 3.63) is 42.0 Å². The fourth-order valence-corrected chi connectivity index (χ4v) is 2.52. The maximum atomic E-state index is 12.0. The van der Waals surface area contributed by atoms with E-state index in [0.29, 0.717) is 19.7 Å². The SMILES string of the molecule is CCOC(=O)NCC(=O)N1CCN(C/C=C/c2ccccc2)CC1. The molecule has 6 heteroatoms. The molecule has 0 bridgehead atoms. The number of piperazine rings is 1. The number of hydrogen-bond donors (Lipinski definition) is 1. The Morgan fingerprint density at radius 1 is 1.17 bits per heavy atom. The second kappa shape index (κ2) is 9.72. The van der Waals surface area contributed by atoms with Crippen LogP contribution in [0.1, 0.15) is 12.5 Å². The van der Waals surface area contributed by atoms with Gasteiger partial charge < -0.3 is 15.0 Å². The van der Waals surface area contributed by atoms with Crippen molar-refractivity contribution in [1.29, 1.82) is 0 Å². The van der Waals surface area contributed by atoms with Gasteiger partial charge in [0.15, 0.2) is 0 Å². The van der Waals surface area contributed by atoms with Crippen LogP contribution in [0.4, 0.5) is 4.79 Å². The van der Waals surface area contributed by atoms with E-state index in [1.807, 2.05) is 18.2 Å². The molecule has 0 unspecified atom stereocenters. The Bertz CT molecular complexity index is 552. The molecule has 2 amide bonds. The molecule has 1 aliphatic rings. The molecular formula is C18H25N3O3. The van der Waals surface area contributed by atoms with Gasteiger partial charge >= 0.3 is 6.09 Å². The second-order valence-electron chi connectivity index (χ2n) is 5.57. The lowest BCUT2D eigenvalue weighted by atomic mass is 10.2. The van der Waals surface area contributed by atoms with Gasteiger partial charge in [-0.3, -0.25) is 9.69 Å². The van der Waals surface area contributed by atoms with E-state index in [0.717, 1.165) is 19.6 Å². The monoisotopic (exact) mass is 331 g/mol. The first-order valence-corrected chi connectivity index (χ1v) is 8.31. The third kappa shape index (κ3) is 6.04. The Balaban J connectivity index is 1.66. The van der Waals surface area contributed by atoms with Gasteiger partial charge in [-0.25, -0.2) is 4.79 Å². The van der Waals surface area contributed by atoms with Gasteiger partial charge in [0.05, 0.1) is 6.61 Å². The first-order chi connectivity index (χ1) is 11.7. The summed E-state index contributed by atoms with van der Waals surface area (Å²) in [5, 5.41) is 2.47. The van der Waals surface area contributed by atoms with E-state index in [1.165, 1.54) is 5.56 Å². The van der Waals surface area contributed by atoms with Gasteiger partial charge in [-0.2, -0.15) is 0 Å². The van der Waals surface area contributed by atoms with Crippen molar-refractivity contribution in [3.8, 4) is 0 Å². The summed E-state index contributed by atoms with van der Waals surface area (Å²) < 4.78 is 4.74. The lowest BCUT2D eigenvalue weighted by Gasteiger charge is -2.34. The molecule has 0 atom stereocenters. The number of hydrogen-bond acceptors (Lipinski definition) is 4. The predicted molar refractivity (Wildman–Crippen MR) is 93.5 cm³/mol.